The van der Waals surface area contributed by atoms with E-state index in [1.807, 2.05) is 6.07 Å². The van der Waals surface area contributed by atoms with Crippen LogP contribution in [0.25, 0.3) is 0 Å². The second-order valence-corrected chi connectivity index (χ2v) is 6.98. The molecule has 2 unspecified atom stereocenters. The van der Waals surface area contributed by atoms with Gasteiger partial charge in [0.2, 0.25) is 0 Å². The molecule has 0 bridgehead atoms. The molecule has 0 amide bonds. The fraction of sp³-hybridized carbons (Fsp3) is 0.647. The molecule has 1 aromatic carbocycles. The molecule has 1 aliphatic heterocycles. The minimum absolute atomic E-state index is 0.0601. The average molecular weight is 292 g/mol. The number of nitrogens with zero attached hydrogens (tertiary/aromatic N) is 1. The SMILES string of the molecule is CC1(C)CN(CC(C)(CN)c2ccccc2)CC(CO)O1. The highest BCUT2D eigenvalue weighted by molar-refractivity contribution is 5.25. The zero-order chi connectivity index (χ0) is 15.5. The quantitative estimate of drug-likeness (QED) is 0.861. The van der Waals surface area contributed by atoms with E-state index in [0.717, 1.165) is 19.6 Å². The van der Waals surface area contributed by atoms with E-state index in [1.54, 1.807) is 0 Å². The smallest absolute Gasteiger partial charge is 0.0940 e. The summed E-state index contributed by atoms with van der Waals surface area (Å²) in [5.41, 5.74) is 7.02. The van der Waals surface area contributed by atoms with E-state index in [-0.39, 0.29) is 23.7 Å². The molecule has 118 valence electrons. The summed E-state index contributed by atoms with van der Waals surface area (Å²) in [5, 5.41) is 9.44. The number of hydrogen-bond acceptors (Lipinski definition) is 4. The molecule has 0 spiro atoms. The van der Waals surface area contributed by atoms with Gasteiger partial charge in [-0.2, -0.15) is 0 Å². The molecule has 0 aromatic heterocycles. The van der Waals surface area contributed by atoms with E-state index in [0.29, 0.717) is 6.54 Å². The Hall–Kier alpha value is -0.940. The molecule has 1 aliphatic rings. The van der Waals surface area contributed by atoms with E-state index < -0.39 is 0 Å². The van der Waals surface area contributed by atoms with Crippen molar-refractivity contribution in [2.24, 2.45) is 5.73 Å². The Labute approximate surface area is 127 Å². The highest BCUT2D eigenvalue weighted by Gasteiger charge is 2.36. The molecule has 1 fully saturated rings. The lowest BCUT2D eigenvalue weighted by atomic mass is 9.81. The van der Waals surface area contributed by atoms with Gasteiger partial charge in [0, 0.05) is 31.6 Å². The van der Waals surface area contributed by atoms with E-state index >= 15 is 0 Å². The molecule has 1 aromatic rings. The van der Waals surface area contributed by atoms with Crippen LogP contribution >= 0.6 is 0 Å². The van der Waals surface area contributed by atoms with Crippen molar-refractivity contribution in [3.8, 4) is 0 Å². The van der Waals surface area contributed by atoms with Crippen LogP contribution in [0.1, 0.15) is 26.3 Å². The molecule has 0 radical (unpaired) electrons. The molecule has 4 heteroatoms. The van der Waals surface area contributed by atoms with Crippen LogP contribution < -0.4 is 5.73 Å². The van der Waals surface area contributed by atoms with Crippen molar-refractivity contribution in [1.29, 1.82) is 0 Å². The third-order valence-electron chi connectivity index (χ3n) is 4.25. The predicted molar refractivity (Wildman–Crippen MR) is 85.3 cm³/mol. The van der Waals surface area contributed by atoms with Gasteiger partial charge in [-0.15, -0.1) is 0 Å². The largest absolute Gasteiger partial charge is 0.394 e. The van der Waals surface area contributed by atoms with Gasteiger partial charge >= 0.3 is 0 Å². The second kappa shape index (κ2) is 6.44. The topological polar surface area (TPSA) is 58.7 Å². The Morgan fingerprint density at radius 2 is 2.05 bits per heavy atom. The van der Waals surface area contributed by atoms with Crippen LogP contribution in [0.2, 0.25) is 0 Å². The third-order valence-corrected chi connectivity index (χ3v) is 4.25. The maximum atomic E-state index is 9.44. The summed E-state index contributed by atoms with van der Waals surface area (Å²) in [6.07, 6.45) is -0.119. The maximum Gasteiger partial charge on any atom is 0.0940 e. The zero-order valence-corrected chi connectivity index (χ0v) is 13.4. The van der Waals surface area contributed by atoms with Crippen LogP contribution in [0.15, 0.2) is 30.3 Å². The van der Waals surface area contributed by atoms with Gasteiger partial charge in [0.15, 0.2) is 0 Å². The van der Waals surface area contributed by atoms with E-state index in [2.05, 4.69) is 49.9 Å². The molecule has 1 heterocycles. The first-order valence-electron chi connectivity index (χ1n) is 7.65. The van der Waals surface area contributed by atoms with Crippen LogP contribution in [-0.2, 0) is 10.2 Å². The monoisotopic (exact) mass is 292 g/mol. The molecule has 4 nitrogen and oxygen atoms in total. The minimum Gasteiger partial charge on any atom is -0.394 e. The fourth-order valence-electron chi connectivity index (χ4n) is 3.24. The summed E-state index contributed by atoms with van der Waals surface area (Å²) >= 11 is 0. The van der Waals surface area contributed by atoms with Gasteiger partial charge in [0.25, 0.3) is 0 Å². The summed E-state index contributed by atoms with van der Waals surface area (Å²) in [7, 11) is 0. The van der Waals surface area contributed by atoms with Crippen molar-refractivity contribution in [3.05, 3.63) is 35.9 Å². The van der Waals surface area contributed by atoms with E-state index in [1.165, 1.54) is 5.56 Å². The second-order valence-electron chi connectivity index (χ2n) is 6.98. The first kappa shape index (κ1) is 16.4. The third kappa shape index (κ3) is 4.04. The predicted octanol–water partition coefficient (Wildman–Crippen LogP) is 1.37. The molecule has 2 atom stereocenters. The van der Waals surface area contributed by atoms with Gasteiger partial charge in [-0.3, -0.25) is 4.90 Å². The maximum absolute atomic E-state index is 9.44. The van der Waals surface area contributed by atoms with Crippen LogP contribution in [0.3, 0.4) is 0 Å². The standard InChI is InChI=1S/C17H28N2O2/c1-16(2)12-19(9-15(10-20)21-16)13-17(3,11-18)14-7-5-4-6-8-14/h4-8,15,20H,9-13,18H2,1-3H3. The number of aliphatic hydroxyl groups excluding tert-OH is 1. The molecule has 0 aliphatic carbocycles. The van der Waals surface area contributed by atoms with Crippen LogP contribution in [0.4, 0.5) is 0 Å². The van der Waals surface area contributed by atoms with Crippen molar-refractivity contribution in [2.45, 2.75) is 37.9 Å². The van der Waals surface area contributed by atoms with Crippen LogP contribution in [-0.4, -0.2) is 54.5 Å². The van der Waals surface area contributed by atoms with E-state index in [4.69, 9.17) is 10.5 Å². The Kier molecular flexibility index (Phi) is 5.04. The lowest BCUT2D eigenvalue weighted by Crippen LogP contribution is -2.57. The van der Waals surface area contributed by atoms with Gasteiger partial charge in [0.1, 0.15) is 0 Å². The van der Waals surface area contributed by atoms with Gasteiger partial charge in [0.05, 0.1) is 18.3 Å². The number of nitrogens with two attached hydrogens (primary N) is 1. The minimum atomic E-state index is -0.238. The van der Waals surface area contributed by atoms with Crippen molar-refractivity contribution in [1.82, 2.24) is 4.90 Å². The number of benzene rings is 1. The highest BCUT2D eigenvalue weighted by atomic mass is 16.5. The first-order valence-corrected chi connectivity index (χ1v) is 7.65. The lowest BCUT2D eigenvalue weighted by Gasteiger charge is -2.45. The first-order chi connectivity index (χ1) is 9.88. The normalized spacial score (nSPS) is 25.5. The summed E-state index contributed by atoms with van der Waals surface area (Å²) in [5.74, 6) is 0. The molecule has 21 heavy (non-hydrogen) atoms. The number of hydrogen-bond donors (Lipinski definition) is 2. The van der Waals surface area contributed by atoms with Crippen molar-refractivity contribution >= 4 is 0 Å². The number of aliphatic hydroxyl groups is 1. The van der Waals surface area contributed by atoms with Crippen molar-refractivity contribution in [3.63, 3.8) is 0 Å². The summed E-state index contributed by atoms with van der Waals surface area (Å²) < 4.78 is 5.88. The number of ether oxygens (including phenoxy) is 1. The Bertz CT molecular complexity index is 449. The Morgan fingerprint density at radius 1 is 1.38 bits per heavy atom. The fourth-order valence-corrected chi connectivity index (χ4v) is 3.24. The molecule has 2 rings (SSSR count). The summed E-state index contributed by atoms with van der Waals surface area (Å²) in [6, 6.07) is 10.4. The molecule has 0 saturated carbocycles. The van der Waals surface area contributed by atoms with Crippen molar-refractivity contribution < 1.29 is 9.84 Å². The number of morpholine rings is 1. The van der Waals surface area contributed by atoms with Crippen molar-refractivity contribution in [2.75, 3.05) is 32.8 Å². The van der Waals surface area contributed by atoms with Gasteiger partial charge < -0.3 is 15.6 Å². The van der Waals surface area contributed by atoms with Crippen LogP contribution in [0, 0.1) is 0 Å². The van der Waals surface area contributed by atoms with Gasteiger partial charge in [-0.1, -0.05) is 37.3 Å². The highest BCUT2D eigenvalue weighted by Crippen LogP contribution is 2.28. The molecular formula is C17H28N2O2. The molecular weight excluding hydrogens is 264 g/mol. The lowest BCUT2D eigenvalue weighted by molar-refractivity contribution is -0.151. The van der Waals surface area contributed by atoms with Crippen LogP contribution in [0.5, 0.6) is 0 Å². The molecule has 3 N–H and O–H groups in total. The Morgan fingerprint density at radius 3 is 2.62 bits per heavy atom. The number of rotatable bonds is 5. The summed E-state index contributed by atoms with van der Waals surface area (Å²) in [4.78, 5) is 2.37. The molecule has 1 saturated heterocycles. The zero-order valence-electron chi connectivity index (χ0n) is 13.4. The van der Waals surface area contributed by atoms with Gasteiger partial charge in [-0.25, -0.2) is 0 Å². The van der Waals surface area contributed by atoms with Gasteiger partial charge in [-0.05, 0) is 19.4 Å². The summed E-state index contributed by atoms with van der Waals surface area (Å²) in [6.45, 7) is 9.49. The Balaban J connectivity index is 2.14. The van der Waals surface area contributed by atoms with E-state index in [9.17, 15) is 5.11 Å². The average Bonchev–Trinajstić information content (AvgIpc) is 2.46.